The van der Waals surface area contributed by atoms with E-state index < -0.39 is 0 Å². The van der Waals surface area contributed by atoms with E-state index in [4.69, 9.17) is 10.2 Å². The Morgan fingerprint density at radius 3 is 2.56 bits per heavy atom. The lowest BCUT2D eigenvalue weighted by Crippen LogP contribution is -2.35. The number of nitrogens with zero attached hydrogens (tertiary/aromatic N) is 1. The van der Waals surface area contributed by atoms with Crippen molar-refractivity contribution >= 4 is 0 Å². The molecule has 1 aliphatic heterocycles. The average molecular weight is 131 g/mol. The van der Waals surface area contributed by atoms with E-state index in [0.29, 0.717) is 0 Å². The number of likely N-dealkylation sites (N-methyl/N-ethyl adjacent to an activating group) is 1. The van der Waals surface area contributed by atoms with Crippen LogP contribution in [0.1, 0.15) is 6.42 Å². The number of hydrogen-bond donors (Lipinski definition) is 2. The first-order valence-corrected chi connectivity index (χ1v) is 3.25. The van der Waals surface area contributed by atoms with Crippen LogP contribution in [0.25, 0.3) is 0 Å². The monoisotopic (exact) mass is 131 g/mol. The summed E-state index contributed by atoms with van der Waals surface area (Å²) in [6.07, 6.45) is 0.474. The van der Waals surface area contributed by atoms with Crippen molar-refractivity contribution in [1.29, 1.82) is 0 Å². The average Bonchev–Trinajstić information content (AvgIpc) is 2.12. The molecule has 54 valence electrons. The van der Waals surface area contributed by atoms with Gasteiger partial charge in [0, 0.05) is 6.54 Å². The zero-order valence-corrected chi connectivity index (χ0v) is 5.62. The molecule has 0 amide bonds. The van der Waals surface area contributed by atoms with Crippen LogP contribution in [-0.4, -0.2) is 47.5 Å². The molecule has 2 atom stereocenters. The summed E-state index contributed by atoms with van der Waals surface area (Å²) in [5, 5.41) is 17.9. The summed E-state index contributed by atoms with van der Waals surface area (Å²) in [7, 11) is 1.91. The molecule has 1 saturated heterocycles. The van der Waals surface area contributed by atoms with Crippen molar-refractivity contribution in [3.8, 4) is 0 Å². The van der Waals surface area contributed by atoms with Gasteiger partial charge >= 0.3 is 0 Å². The largest absolute Gasteiger partial charge is 0.395 e. The van der Waals surface area contributed by atoms with Crippen LogP contribution < -0.4 is 0 Å². The van der Waals surface area contributed by atoms with Gasteiger partial charge in [0.25, 0.3) is 0 Å². The van der Waals surface area contributed by atoms with Crippen LogP contribution in [-0.2, 0) is 0 Å². The SMILES string of the molecule is CN1CC[C@@H](O)[C@H]1CO. The second kappa shape index (κ2) is 2.64. The summed E-state index contributed by atoms with van der Waals surface area (Å²) in [5.74, 6) is 0. The Morgan fingerprint density at radius 2 is 2.33 bits per heavy atom. The third kappa shape index (κ3) is 1.23. The fourth-order valence-electron chi connectivity index (χ4n) is 1.25. The summed E-state index contributed by atoms with van der Waals surface area (Å²) < 4.78 is 0. The molecule has 0 saturated carbocycles. The minimum Gasteiger partial charge on any atom is -0.395 e. The van der Waals surface area contributed by atoms with Crippen molar-refractivity contribution in [2.45, 2.75) is 18.6 Å². The second-order valence-electron chi connectivity index (χ2n) is 2.59. The molecule has 0 aliphatic carbocycles. The molecule has 1 rings (SSSR count). The Balaban J connectivity index is 2.44. The molecule has 2 N–H and O–H groups in total. The predicted octanol–water partition coefficient (Wildman–Crippen LogP) is -0.956. The van der Waals surface area contributed by atoms with Crippen LogP contribution in [0.4, 0.5) is 0 Å². The van der Waals surface area contributed by atoms with Crippen LogP contribution in [0, 0.1) is 0 Å². The van der Waals surface area contributed by atoms with Gasteiger partial charge in [-0.25, -0.2) is 0 Å². The van der Waals surface area contributed by atoms with Gasteiger partial charge in [0.15, 0.2) is 0 Å². The molecule has 0 aromatic carbocycles. The molecular formula is C6H13NO2. The lowest BCUT2D eigenvalue weighted by molar-refractivity contribution is 0.0822. The van der Waals surface area contributed by atoms with E-state index in [1.807, 2.05) is 11.9 Å². The second-order valence-corrected chi connectivity index (χ2v) is 2.59. The highest BCUT2D eigenvalue weighted by Gasteiger charge is 2.28. The van der Waals surface area contributed by atoms with Crippen LogP contribution in [0.2, 0.25) is 0 Å². The highest BCUT2D eigenvalue weighted by molar-refractivity contribution is 4.83. The molecule has 9 heavy (non-hydrogen) atoms. The van der Waals surface area contributed by atoms with Crippen molar-refractivity contribution < 1.29 is 10.2 Å². The molecule has 0 bridgehead atoms. The first-order valence-electron chi connectivity index (χ1n) is 3.25. The van der Waals surface area contributed by atoms with Crippen LogP contribution in [0.3, 0.4) is 0 Å². The van der Waals surface area contributed by atoms with Gasteiger partial charge in [-0.1, -0.05) is 0 Å². The van der Waals surface area contributed by atoms with Gasteiger partial charge in [-0.2, -0.15) is 0 Å². The van der Waals surface area contributed by atoms with Crippen molar-refractivity contribution in [1.82, 2.24) is 4.90 Å². The van der Waals surface area contributed by atoms with Crippen molar-refractivity contribution in [3.05, 3.63) is 0 Å². The van der Waals surface area contributed by atoms with Crippen LogP contribution in [0.5, 0.6) is 0 Å². The smallest absolute Gasteiger partial charge is 0.0729 e. The van der Waals surface area contributed by atoms with Crippen LogP contribution in [0.15, 0.2) is 0 Å². The van der Waals surface area contributed by atoms with E-state index in [2.05, 4.69) is 0 Å². The van der Waals surface area contributed by atoms with Gasteiger partial charge in [-0.15, -0.1) is 0 Å². The van der Waals surface area contributed by atoms with Gasteiger partial charge in [0.05, 0.1) is 18.8 Å². The van der Waals surface area contributed by atoms with Gasteiger partial charge in [-0.3, -0.25) is 4.90 Å². The van der Waals surface area contributed by atoms with Crippen molar-refractivity contribution in [2.75, 3.05) is 20.2 Å². The Morgan fingerprint density at radius 1 is 1.67 bits per heavy atom. The van der Waals surface area contributed by atoms with Gasteiger partial charge < -0.3 is 10.2 Å². The summed E-state index contributed by atoms with van der Waals surface area (Å²) in [6.45, 7) is 0.962. The number of aliphatic hydroxyl groups excluding tert-OH is 2. The molecular weight excluding hydrogens is 118 g/mol. The summed E-state index contributed by atoms with van der Waals surface area (Å²) in [4.78, 5) is 1.98. The Hall–Kier alpha value is -0.120. The normalized spacial score (nSPS) is 37.7. The van der Waals surface area contributed by atoms with Gasteiger partial charge in [0.2, 0.25) is 0 Å². The summed E-state index contributed by atoms with van der Waals surface area (Å²) >= 11 is 0. The molecule has 0 aromatic heterocycles. The number of rotatable bonds is 1. The number of likely N-dealkylation sites (tertiary alicyclic amines) is 1. The highest BCUT2D eigenvalue weighted by Crippen LogP contribution is 2.14. The Bertz CT molecular complexity index is 87.1. The molecule has 3 nitrogen and oxygen atoms in total. The maximum absolute atomic E-state index is 9.16. The molecule has 0 unspecified atom stereocenters. The lowest BCUT2D eigenvalue weighted by Gasteiger charge is -2.18. The first kappa shape index (κ1) is 6.99. The first-order chi connectivity index (χ1) is 4.25. The Labute approximate surface area is 54.9 Å². The number of aliphatic hydroxyl groups is 2. The lowest BCUT2D eigenvalue weighted by atomic mass is 10.2. The fourth-order valence-corrected chi connectivity index (χ4v) is 1.25. The quantitative estimate of drug-likeness (QED) is 0.482. The van der Waals surface area contributed by atoms with E-state index in [1.165, 1.54) is 0 Å². The van der Waals surface area contributed by atoms with E-state index in [1.54, 1.807) is 0 Å². The minimum absolute atomic E-state index is 0.0231. The third-order valence-corrected chi connectivity index (χ3v) is 1.97. The molecule has 0 radical (unpaired) electrons. The summed E-state index contributed by atoms with van der Waals surface area (Å²) in [6, 6.07) is -0.0231. The van der Waals surface area contributed by atoms with Gasteiger partial charge in [0.1, 0.15) is 0 Å². The standard InChI is InChI=1S/C6H13NO2/c1-7-3-2-6(9)5(7)4-8/h5-6,8-9H,2-4H2,1H3/t5-,6-/m1/s1. The molecule has 0 aromatic rings. The minimum atomic E-state index is -0.319. The number of hydrogen-bond acceptors (Lipinski definition) is 3. The molecule has 3 heteroatoms. The molecule has 0 spiro atoms. The van der Waals surface area contributed by atoms with Crippen molar-refractivity contribution in [2.24, 2.45) is 0 Å². The molecule has 1 heterocycles. The predicted molar refractivity (Wildman–Crippen MR) is 34.1 cm³/mol. The summed E-state index contributed by atoms with van der Waals surface area (Å²) in [5.41, 5.74) is 0. The van der Waals surface area contributed by atoms with Crippen LogP contribution >= 0.6 is 0 Å². The van der Waals surface area contributed by atoms with E-state index in [0.717, 1.165) is 13.0 Å². The highest BCUT2D eigenvalue weighted by atomic mass is 16.3. The maximum atomic E-state index is 9.16. The van der Waals surface area contributed by atoms with E-state index >= 15 is 0 Å². The Kier molecular flexibility index (Phi) is 2.05. The van der Waals surface area contributed by atoms with E-state index in [-0.39, 0.29) is 18.8 Å². The zero-order valence-electron chi connectivity index (χ0n) is 5.62. The molecule has 1 aliphatic rings. The third-order valence-electron chi connectivity index (χ3n) is 1.97. The van der Waals surface area contributed by atoms with Gasteiger partial charge in [-0.05, 0) is 13.5 Å². The fraction of sp³-hybridized carbons (Fsp3) is 1.00. The van der Waals surface area contributed by atoms with E-state index in [9.17, 15) is 0 Å². The maximum Gasteiger partial charge on any atom is 0.0729 e. The topological polar surface area (TPSA) is 43.7 Å². The molecule has 1 fully saturated rings. The zero-order chi connectivity index (χ0) is 6.85. The van der Waals surface area contributed by atoms with Crippen molar-refractivity contribution in [3.63, 3.8) is 0 Å².